The third-order valence-electron chi connectivity index (χ3n) is 31.9. The summed E-state index contributed by atoms with van der Waals surface area (Å²) < 4.78 is 34.7. The highest BCUT2D eigenvalue weighted by atomic mass is 16.6. The van der Waals surface area contributed by atoms with Gasteiger partial charge in [-0.2, -0.15) is 0 Å². The molecule has 102 heavy (non-hydrogen) atoms. The maximum atomic E-state index is 12.1. The molecule has 566 valence electrons. The highest BCUT2D eigenvalue weighted by Gasteiger charge is 2.69. The standard InChI is InChI=1S/C18H26O2.C17H24O2.C15H22O2.C15H24O2.C13H20O2.C12H18O2/c1-4-18(20-17(19)10(2)3)9-13-8-14(18)16-12-6-5-11(7-12)15(13)16;1-9(2)16(18)19-17(3)8-12-7-13(17)15-11-5-4-10(6-11)14(12)15;1-9(2)14(16)17-15(3)8-10-7-13(15)12-6-4-5-11(10)12;1-11(2)14(16)17-15(3)10-6-8-12-7-4-5-9-13(12)15;1-4-13(15-12(14)9(2)3)8-10-5-6-11(13)7-10;1-8(2)11(13)14-12(3)7-9-4-5-10(12)6-9/h11-16H,2,4-9H2,1,3H3;10-15H,1,4-8H2,2-3H3;10-13H,1,4-8H2,2-3H3;12-13H,1,4-10H2,2-3H3;10-11H,2,4-8H2,1,3H3;9-10H,1,4-7H2,2-3H3. The van der Waals surface area contributed by atoms with Crippen molar-refractivity contribution in [2.75, 3.05) is 0 Å². The number of fused-ring (bicyclic) bond motifs is 28. The predicted molar refractivity (Wildman–Crippen MR) is 400 cm³/mol. The van der Waals surface area contributed by atoms with Gasteiger partial charge in [0.1, 0.15) is 33.6 Å². The van der Waals surface area contributed by atoms with Crippen LogP contribution in [0.4, 0.5) is 0 Å². The van der Waals surface area contributed by atoms with Crippen LogP contribution >= 0.6 is 0 Å². The van der Waals surface area contributed by atoms with E-state index in [2.05, 4.69) is 81.0 Å². The molecular formula is C90H134O12. The molecule has 0 aromatic heterocycles. The maximum Gasteiger partial charge on any atom is 0.333 e. The quantitative estimate of drug-likeness (QED) is 0.0703. The van der Waals surface area contributed by atoms with Crippen LogP contribution in [0, 0.1) is 130 Å². The van der Waals surface area contributed by atoms with E-state index < -0.39 is 0 Å². The average molecular weight is 1410 g/mol. The van der Waals surface area contributed by atoms with Gasteiger partial charge in [-0.05, 0) is 356 Å². The summed E-state index contributed by atoms with van der Waals surface area (Å²) in [4.78, 5) is 70.6. The van der Waals surface area contributed by atoms with Crippen LogP contribution in [-0.4, -0.2) is 69.4 Å². The normalized spacial score (nSPS) is 45.1. The predicted octanol–water partition coefficient (Wildman–Crippen LogP) is 20.5. The molecule has 17 fully saturated rings. The van der Waals surface area contributed by atoms with Gasteiger partial charge in [0.05, 0.1) is 0 Å². The lowest BCUT2D eigenvalue weighted by Crippen LogP contribution is -2.47. The van der Waals surface area contributed by atoms with Crippen LogP contribution in [0.1, 0.15) is 289 Å². The summed E-state index contributed by atoms with van der Waals surface area (Å²) in [6.45, 7) is 45.4. The van der Waals surface area contributed by atoms with Crippen molar-refractivity contribution in [1.82, 2.24) is 0 Å². The van der Waals surface area contributed by atoms with Gasteiger partial charge in [0.2, 0.25) is 0 Å². The smallest absolute Gasteiger partial charge is 0.333 e. The number of rotatable bonds is 14. The fourth-order valence-corrected chi connectivity index (χ4v) is 27.6. The molecule has 17 saturated carbocycles. The van der Waals surface area contributed by atoms with E-state index in [1.54, 1.807) is 41.5 Å². The summed E-state index contributed by atoms with van der Waals surface area (Å²) in [6.07, 6.45) is 40.5. The van der Waals surface area contributed by atoms with E-state index in [-0.39, 0.29) is 69.4 Å². The molecule has 12 nitrogen and oxygen atoms in total. The van der Waals surface area contributed by atoms with Crippen molar-refractivity contribution in [3.63, 3.8) is 0 Å². The van der Waals surface area contributed by atoms with Crippen LogP contribution in [0.15, 0.2) is 72.9 Å². The number of esters is 6. The van der Waals surface area contributed by atoms with Gasteiger partial charge in [-0.25, -0.2) is 28.8 Å². The number of hydrogen-bond acceptors (Lipinski definition) is 12. The second kappa shape index (κ2) is 29.8. The van der Waals surface area contributed by atoms with Crippen LogP contribution in [0.25, 0.3) is 0 Å². The molecule has 0 amide bonds. The molecule has 28 atom stereocenters. The second-order valence-corrected chi connectivity index (χ2v) is 38.5. The van der Waals surface area contributed by atoms with Crippen molar-refractivity contribution in [2.45, 2.75) is 322 Å². The molecule has 12 heteroatoms. The second-order valence-electron chi connectivity index (χ2n) is 38.5. The van der Waals surface area contributed by atoms with E-state index >= 15 is 0 Å². The minimum absolute atomic E-state index is 0.154. The first-order chi connectivity index (χ1) is 48.2. The molecule has 0 spiro atoms. The topological polar surface area (TPSA) is 158 Å². The molecule has 28 unspecified atom stereocenters. The summed E-state index contributed by atoms with van der Waals surface area (Å²) in [5.41, 5.74) is 2.00. The largest absolute Gasteiger partial charge is 0.456 e. The minimum Gasteiger partial charge on any atom is -0.456 e. The summed E-state index contributed by atoms with van der Waals surface area (Å²) in [5, 5.41) is 0. The SMILES string of the molecule is C=C(C)C(=O)OC1(C)CC2CC1C1C3CCC(C3)C21.C=C(C)C(=O)OC1(C)CC2CC1C1CCCC21.C=C(C)C(=O)OC1(C)CC2CCC1C2.C=C(C)C(=O)OC1(C)CCCC2CCCCC21.C=C(C)C(=O)OC1(CC)CC2CC1C1C3CCC(C3)C21.C=C(C)C(=O)OC1(CC)CC2CCC1C2. The summed E-state index contributed by atoms with van der Waals surface area (Å²) in [7, 11) is 0. The van der Waals surface area contributed by atoms with Gasteiger partial charge in [-0.3, -0.25) is 0 Å². The first-order valence-corrected chi connectivity index (χ1v) is 41.5. The van der Waals surface area contributed by atoms with Crippen LogP contribution in [0.2, 0.25) is 0 Å². The van der Waals surface area contributed by atoms with Crippen LogP contribution in [0.3, 0.4) is 0 Å². The zero-order chi connectivity index (χ0) is 73.5. The average Bonchev–Trinajstić information content (AvgIpc) is 1.54. The third-order valence-corrected chi connectivity index (χ3v) is 31.9. The van der Waals surface area contributed by atoms with Crippen molar-refractivity contribution < 1.29 is 57.2 Å². The van der Waals surface area contributed by atoms with Crippen LogP contribution < -0.4 is 0 Å². The number of carbonyl (C=O) groups is 6. The van der Waals surface area contributed by atoms with Crippen molar-refractivity contribution in [1.29, 1.82) is 0 Å². The lowest BCUT2D eigenvalue weighted by Gasteiger charge is -2.47. The Morgan fingerprint density at radius 2 is 0.716 bits per heavy atom. The van der Waals surface area contributed by atoms with E-state index in [0.29, 0.717) is 68.9 Å². The van der Waals surface area contributed by atoms with E-state index in [1.165, 1.54) is 154 Å². The van der Waals surface area contributed by atoms with E-state index in [4.69, 9.17) is 28.4 Å². The van der Waals surface area contributed by atoms with Crippen molar-refractivity contribution in [3.05, 3.63) is 72.9 Å². The molecule has 17 rings (SSSR count). The Balaban J connectivity index is 0.000000116. The van der Waals surface area contributed by atoms with Crippen LogP contribution in [-0.2, 0) is 57.2 Å². The molecule has 0 radical (unpaired) electrons. The maximum absolute atomic E-state index is 12.1. The molecule has 0 aromatic rings. The molecule has 0 heterocycles. The Hall–Kier alpha value is -4.74. The molecular weight excluding hydrogens is 1270 g/mol. The van der Waals surface area contributed by atoms with Gasteiger partial charge in [-0.1, -0.05) is 79.0 Å². The Bertz CT molecular complexity index is 3280. The number of hydrogen-bond donors (Lipinski definition) is 0. The van der Waals surface area contributed by atoms with Gasteiger partial charge in [0.25, 0.3) is 0 Å². The van der Waals surface area contributed by atoms with Gasteiger partial charge in [-0.15, -0.1) is 0 Å². The minimum atomic E-state index is -0.237. The van der Waals surface area contributed by atoms with E-state index in [0.717, 1.165) is 146 Å². The van der Waals surface area contributed by atoms with Gasteiger partial charge >= 0.3 is 35.8 Å². The zero-order valence-corrected chi connectivity index (χ0v) is 65.5. The number of carbonyl (C=O) groups excluding carboxylic acids is 6. The highest BCUT2D eigenvalue weighted by molar-refractivity contribution is 5.89. The lowest BCUT2D eigenvalue weighted by molar-refractivity contribution is -0.169. The number of ether oxygens (including phenoxy) is 6. The van der Waals surface area contributed by atoms with Crippen molar-refractivity contribution in [2.24, 2.45) is 130 Å². The molecule has 14 bridgehead atoms. The first-order valence-electron chi connectivity index (χ1n) is 41.5. The van der Waals surface area contributed by atoms with E-state index in [1.807, 2.05) is 0 Å². The Kier molecular flexibility index (Phi) is 22.5. The van der Waals surface area contributed by atoms with Crippen LogP contribution in [0.5, 0.6) is 0 Å². The van der Waals surface area contributed by atoms with E-state index in [9.17, 15) is 28.8 Å². The van der Waals surface area contributed by atoms with Gasteiger partial charge in [0, 0.05) is 57.1 Å². The Labute approximate surface area is 615 Å². The first kappa shape index (κ1) is 76.9. The lowest BCUT2D eigenvalue weighted by atomic mass is 9.63. The highest BCUT2D eigenvalue weighted by Crippen LogP contribution is 2.73. The summed E-state index contributed by atoms with van der Waals surface area (Å²) >= 11 is 0. The molecule has 0 aliphatic heterocycles. The fraction of sp³-hybridized carbons (Fsp3) is 0.800. The molecule has 0 N–H and O–H groups in total. The Morgan fingerprint density at radius 3 is 1.22 bits per heavy atom. The molecule has 17 aliphatic rings. The molecule has 17 aliphatic carbocycles. The summed E-state index contributed by atoms with van der Waals surface area (Å²) in [5.74, 6) is 16.7. The molecule has 0 saturated heterocycles. The molecule has 0 aromatic carbocycles. The van der Waals surface area contributed by atoms with Gasteiger partial charge in [0.15, 0.2) is 0 Å². The van der Waals surface area contributed by atoms with Gasteiger partial charge < -0.3 is 28.4 Å². The summed E-state index contributed by atoms with van der Waals surface area (Å²) in [6, 6.07) is 0. The van der Waals surface area contributed by atoms with Crippen molar-refractivity contribution in [3.8, 4) is 0 Å². The van der Waals surface area contributed by atoms with Crippen molar-refractivity contribution >= 4 is 35.8 Å². The zero-order valence-electron chi connectivity index (χ0n) is 65.5. The monoisotopic (exact) mass is 1410 g/mol. The third kappa shape index (κ3) is 14.7. The fourth-order valence-electron chi connectivity index (χ4n) is 27.6. The Morgan fingerprint density at radius 1 is 0.304 bits per heavy atom.